The van der Waals surface area contributed by atoms with Crippen molar-refractivity contribution in [3.05, 3.63) is 45.6 Å². The zero-order chi connectivity index (χ0) is 15.1. The predicted octanol–water partition coefficient (Wildman–Crippen LogP) is 2.63. The highest BCUT2D eigenvalue weighted by Crippen LogP contribution is 2.23. The van der Waals surface area contributed by atoms with Crippen LogP contribution in [-0.2, 0) is 9.53 Å². The Balaban J connectivity index is 3.17. The van der Waals surface area contributed by atoms with Crippen LogP contribution in [0.25, 0.3) is 5.57 Å². The van der Waals surface area contributed by atoms with Crippen LogP contribution in [-0.4, -0.2) is 18.0 Å². The standard InChI is InChI=1S/C14H18N2O4/c1-3-4-5-12(15)13(14(17)20-2)10-6-8-11(9-7-10)16(18)19/h6-9H,3-5,15H2,1-2H3/b13-12-. The lowest BCUT2D eigenvalue weighted by molar-refractivity contribution is -0.384. The van der Waals surface area contributed by atoms with E-state index in [1.165, 1.54) is 31.4 Å². The van der Waals surface area contributed by atoms with Crippen molar-refractivity contribution >= 4 is 17.2 Å². The molecular weight excluding hydrogens is 260 g/mol. The van der Waals surface area contributed by atoms with Gasteiger partial charge in [-0.25, -0.2) is 4.79 Å². The van der Waals surface area contributed by atoms with Crippen molar-refractivity contribution in [3.63, 3.8) is 0 Å². The van der Waals surface area contributed by atoms with Crippen LogP contribution in [0.4, 0.5) is 5.69 Å². The number of benzene rings is 1. The number of nitrogens with two attached hydrogens (primary N) is 1. The third kappa shape index (κ3) is 3.81. The van der Waals surface area contributed by atoms with Gasteiger partial charge in [-0.15, -0.1) is 0 Å². The number of unbranched alkanes of at least 4 members (excludes halogenated alkanes) is 1. The molecule has 0 bridgehead atoms. The number of nitro benzene ring substituents is 1. The highest BCUT2D eigenvalue weighted by Gasteiger charge is 2.17. The van der Waals surface area contributed by atoms with Gasteiger partial charge in [-0.3, -0.25) is 10.1 Å². The molecule has 0 saturated heterocycles. The second kappa shape index (κ2) is 7.28. The van der Waals surface area contributed by atoms with Gasteiger partial charge in [-0.05, 0) is 30.5 Å². The summed E-state index contributed by atoms with van der Waals surface area (Å²) in [7, 11) is 1.28. The molecule has 20 heavy (non-hydrogen) atoms. The number of hydrogen-bond acceptors (Lipinski definition) is 5. The fourth-order valence-electron chi connectivity index (χ4n) is 1.78. The van der Waals surface area contributed by atoms with E-state index >= 15 is 0 Å². The van der Waals surface area contributed by atoms with Crippen molar-refractivity contribution in [1.29, 1.82) is 0 Å². The molecule has 1 rings (SSSR count). The third-order valence-electron chi connectivity index (χ3n) is 2.88. The topological polar surface area (TPSA) is 95.5 Å². The van der Waals surface area contributed by atoms with Crippen LogP contribution in [0.3, 0.4) is 0 Å². The van der Waals surface area contributed by atoms with E-state index in [-0.39, 0.29) is 11.3 Å². The van der Waals surface area contributed by atoms with Gasteiger partial charge in [0.15, 0.2) is 0 Å². The number of nitro groups is 1. The van der Waals surface area contributed by atoms with Gasteiger partial charge in [-0.1, -0.05) is 13.3 Å². The summed E-state index contributed by atoms with van der Waals surface area (Å²) in [5.41, 5.74) is 7.15. The monoisotopic (exact) mass is 278 g/mol. The molecule has 6 nitrogen and oxygen atoms in total. The molecule has 6 heteroatoms. The minimum Gasteiger partial charge on any atom is -0.465 e. The first kappa shape index (κ1) is 15.7. The lowest BCUT2D eigenvalue weighted by Crippen LogP contribution is -2.12. The highest BCUT2D eigenvalue weighted by molar-refractivity contribution is 6.17. The molecule has 1 aromatic rings. The van der Waals surface area contributed by atoms with E-state index in [1.54, 1.807) is 0 Å². The predicted molar refractivity (Wildman–Crippen MR) is 75.7 cm³/mol. The second-order valence-electron chi connectivity index (χ2n) is 4.30. The van der Waals surface area contributed by atoms with Crippen LogP contribution < -0.4 is 5.73 Å². The molecule has 0 radical (unpaired) electrons. The lowest BCUT2D eigenvalue weighted by Gasteiger charge is -2.10. The first-order valence-electron chi connectivity index (χ1n) is 6.33. The molecule has 0 saturated carbocycles. The largest absolute Gasteiger partial charge is 0.465 e. The van der Waals surface area contributed by atoms with Crippen molar-refractivity contribution in [2.45, 2.75) is 26.2 Å². The fraction of sp³-hybridized carbons (Fsp3) is 0.357. The minimum atomic E-state index is -0.535. The summed E-state index contributed by atoms with van der Waals surface area (Å²) in [5.74, 6) is -0.535. The Morgan fingerprint density at radius 2 is 1.95 bits per heavy atom. The number of hydrogen-bond donors (Lipinski definition) is 1. The Kier molecular flexibility index (Phi) is 5.71. The van der Waals surface area contributed by atoms with Crippen LogP contribution in [0.1, 0.15) is 31.7 Å². The maximum atomic E-state index is 11.8. The van der Waals surface area contributed by atoms with E-state index in [9.17, 15) is 14.9 Å². The molecule has 0 heterocycles. The second-order valence-corrected chi connectivity index (χ2v) is 4.30. The lowest BCUT2D eigenvalue weighted by atomic mass is 10.0. The van der Waals surface area contributed by atoms with Crippen molar-refractivity contribution in [2.24, 2.45) is 5.73 Å². The van der Waals surface area contributed by atoms with Crippen molar-refractivity contribution in [2.75, 3.05) is 7.11 Å². The molecule has 2 N–H and O–H groups in total. The number of methoxy groups -OCH3 is 1. The van der Waals surface area contributed by atoms with Gasteiger partial charge < -0.3 is 10.5 Å². The molecule has 0 aliphatic rings. The minimum absolute atomic E-state index is 0.0369. The molecule has 0 fully saturated rings. The number of nitrogens with zero attached hydrogens (tertiary/aromatic N) is 1. The third-order valence-corrected chi connectivity index (χ3v) is 2.88. The molecular formula is C14H18N2O4. The maximum absolute atomic E-state index is 11.8. The van der Waals surface area contributed by atoms with Gasteiger partial charge in [0.2, 0.25) is 0 Å². The van der Waals surface area contributed by atoms with Gasteiger partial charge in [0.25, 0.3) is 5.69 Å². The quantitative estimate of drug-likeness (QED) is 0.373. The van der Waals surface area contributed by atoms with Gasteiger partial charge in [0, 0.05) is 17.8 Å². The molecule has 0 unspecified atom stereocenters. The summed E-state index contributed by atoms with van der Waals surface area (Å²) in [5, 5.41) is 10.6. The van der Waals surface area contributed by atoms with Gasteiger partial charge in [-0.2, -0.15) is 0 Å². The van der Waals surface area contributed by atoms with E-state index in [0.717, 1.165) is 12.8 Å². The molecule has 0 aliphatic carbocycles. The van der Waals surface area contributed by atoms with Crippen LogP contribution in [0, 0.1) is 10.1 Å². The number of ether oxygens (including phenoxy) is 1. The Morgan fingerprint density at radius 1 is 1.35 bits per heavy atom. The summed E-state index contributed by atoms with van der Waals surface area (Å²) >= 11 is 0. The Labute approximate surface area is 117 Å². The summed E-state index contributed by atoms with van der Waals surface area (Å²) in [6, 6.07) is 5.68. The number of allylic oxidation sites excluding steroid dienone is 1. The zero-order valence-electron chi connectivity index (χ0n) is 11.6. The van der Waals surface area contributed by atoms with Crippen molar-refractivity contribution in [3.8, 4) is 0 Å². The average Bonchev–Trinajstić information content (AvgIpc) is 2.45. The zero-order valence-corrected chi connectivity index (χ0v) is 11.6. The number of carbonyl (C=O) groups excluding carboxylic acids is 1. The van der Waals surface area contributed by atoms with E-state index in [2.05, 4.69) is 0 Å². The Hall–Kier alpha value is -2.37. The van der Waals surface area contributed by atoms with Crippen LogP contribution in [0.15, 0.2) is 30.0 Å². The number of rotatable bonds is 6. The molecule has 0 spiro atoms. The van der Waals surface area contributed by atoms with Crippen molar-refractivity contribution in [1.82, 2.24) is 0 Å². The molecule has 0 atom stereocenters. The normalized spacial score (nSPS) is 11.7. The highest BCUT2D eigenvalue weighted by atomic mass is 16.6. The SMILES string of the molecule is CCCC/C(N)=C(/C(=O)OC)c1ccc([N+](=O)[O-])cc1. The van der Waals surface area contributed by atoms with E-state index < -0.39 is 10.9 Å². The van der Waals surface area contributed by atoms with Crippen LogP contribution in [0.2, 0.25) is 0 Å². The molecule has 0 amide bonds. The Bertz CT molecular complexity index is 520. The first-order chi connectivity index (χ1) is 9.51. The maximum Gasteiger partial charge on any atom is 0.340 e. The number of carbonyl (C=O) groups is 1. The summed E-state index contributed by atoms with van der Waals surface area (Å²) in [4.78, 5) is 22.0. The van der Waals surface area contributed by atoms with E-state index in [1.807, 2.05) is 6.92 Å². The van der Waals surface area contributed by atoms with E-state index in [0.29, 0.717) is 17.7 Å². The number of esters is 1. The molecule has 1 aromatic carbocycles. The molecule has 108 valence electrons. The van der Waals surface area contributed by atoms with Gasteiger partial charge >= 0.3 is 5.97 Å². The van der Waals surface area contributed by atoms with Crippen molar-refractivity contribution < 1.29 is 14.5 Å². The Morgan fingerprint density at radius 3 is 2.40 bits per heavy atom. The molecule has 0 aromatic heterocycles. The average molecular weight is 278 g/mol. The van der Waals surface area contributed by atoms with Crippen LogP contribution in [0.5, 0.6) is 0 Å². The fourth-order valence-corrected chi connectivity index (χ4v) is 1.78. The summed E-state index contributed by atoms with van der Waals surface area (Å²) in [6.07, 6.45) is 2.40. The van der Waals surface area contributed by atoms with E-state index in [4.69, 9.17) is 10.5 Å². The van der Waals surface area contributed by atoms with Gasteiger partial charge in [0.05, 0.1) is 17.6 Å². The van der Waals surface area contributed by atoms with Gasteiger partial charge in [0.1, 0.15) is 0 Å². The number of non-ortho nitro benzene ring substituents is 1. The molecule has 0 aliphatic heterocycles. The first-order valence-corrected chi connectivity index (χ1v) is 6.33. The smallest absolute Gasteiger partial charge is 0.340 e. The summed E-state index contributed by atoms with van der Waals surface area (Å²) in [6.45, 7) is 2.02. The van der Waals surface area contributed by atoms with Crippen LogP contribution >= 0.6 is 0 Å². The summed E-state index contributed by atoms with van der Waals surface area (Å²) < 4.78 is 4.73.